The van der Waals surface area contributed by atoms with Gasteiger partial charge in [0, 0.05) is 19.4 Å². The Hall–Kier alpha value is -1.69. The Morgan fingerprint density at radius 2 is 1.96 bits per heavy atom. The second kappa shape index (κ2) is 7.47. The lowest BCUT2D eigenvalue weighted by Crippen LogP contribution is -2.57. The van der Waals surface area contributed by atoms with Crippen molar-refractivity contribution in [1.29, 1.82) is 0 Å². The van der Waals surface area contributed by atoms with E-state index in [0.717, 1.165) is 5.57 Å². The molecule has 2 rings (SSSR count). The first-order valence-corrected chi connectivity index (χ1v) is 8.04. The molecule has 6 heteroatoms. The lowest BCUT2D eigenvalue weighted by molar-refractivity contribution is -0.294. The highest BCUT2D eigenvalue weighted by atomic mass is 35.5. The zero-order valence-electron chi connectivity index (χ0n) is 14.0. The van der Waals surface area contributed by atoms with Crippen molar-refractivity contribution in [2.24, 2.45) is 5.92 Å². The van der Waals surface area contributed by atoms with Crippen LogP contribution in [0.1, 0.15) is 30.6 Å². The smallest absolute Gasteiger partial charge is 0.339 e. The minimum atomic E-state index is -1.48. The van der Waals surface area contributed by atoms with E-state index in [1.807, 2.05) is 13.8 Å². The van der Waals surface area contributed by atoms with Crippen molar-refractivity contribution in [2.75, 3.05) is 7.11 Å². The lowest BCUT2D eigenvalue weighted by atomic mass is 9.86. The molecule has 1 aromatic carbocycles. The van der Waals surface area contributed by atoms with E-state index in [2.05, 4.69) is 6.58 Å². The molecule has 0 radical (unpaired) electrons. The van der Waals surface area contributed by atoms with Gasteiger partial charge in [-0.1, -0.05) is 37.3 Å². The van der Waals surface area contributed by atoms with Crippen LogP contribution < -0.4 is 0 Å². The summed E-state index contributed by atoms with van der Waals surface area (Å²) in [5.74, 6) is -2.07. The Labute approximate surface area is 146 Å². The molecule has 5 nitrogen and oxygen atoms in total. The van der Waals surface area contributed by atoms with E-state index in [1.54, 1.807) is 30.3 Å². The van der Waals surface area contributed by atoms with Gasteiger partial charge in [0.25, 0.3) is 5.24 Å². The van der Waals surface area contributed by atoms with Gasteiger partial charge in [-0.2, -0.15) is 0 Å². The number of ether oxygens (including phenoxy) is 3. The van der Waals surface area contributed by atoms with Crippen LogP contribution in [0.25, 0.3) is 0 Å². The summed E-state index contributed by atoms with van der Waals surface area (Å²) in [6.07, 6.45) is -1.45. The molecule has 0 bridgehead atoms. The summed E-state index contributed by atoms with van der Waals surface area (Å²) >= 11 is 5.70. The third-order valence-electron chi connectivity index (χ3n) is 4.39. The fourth-order valence-corrected chi connectivity index (χ4v) is 2.92. The van der Waals surface area contributed by atoms with Crippen LogP contribution in [0.4, 0.5) is 0 Å². The highest BCUT2D eigenvalue weighted by molar-refractivity contribution is 6.64. The Morgan fingerprint density at radius 3 is 2.46 bits per heavy atom. The molecule has 1 aromatic rings. The molecule has 4 atom stereocenters. The first kappa shape index (κ1) is 18.6. The van der Waals surface area contributed by atoms with Crippen molar-refractivity contribution in [3.63, 3.8) is 0 Å². The van der Waals surface area contributed by atoms with Crippen LogP contribution in [0.3, 0.4) is 0 Å². The molecular formula is C18H21ClO5. The molecule has 0 amide bonds. The molecular weight excluding hydrogens is 332 g/mol. The molecule has 1 aliphatic heterocycles. The number of carbonyl (C=O) groups excluding carboxylic acids is 2. The van der Waals surface area contributed by atoms with Gasteiger partial charge in [0.15, 0.2) is 0 Å². The molecule has 0 spiro atoms. The van der Waals surface area contributed by atoms with Gasteiger partial charge in [-0.3, -0.25) is 4.79 Å². The molecule has 0 aromatic heterocycles. The monoisotopic (exact) mass is 352 g/mol. The highest BCUT2D eigenvalue weighted by Gasteiger charge is 2.52. The molecule has 0 saturated carbocycles. The van der Waals surface area contributed by atoms with E-state index >= 15 is 0 Å². The quantitative estimate of drug-likeness (QED) is 0.462. The molecule has 1 fully saturated rings. The zero-order valence-corrected chi connectivity index (χ0v) is 14.7. The van der Waals surface area contributed by atoms with E-state index < -0.39 is 23.1 Å². The summed E-state index contributed by atoms with van der Waals surface area (Å²) in [6, 6.07) is 8.34. The van der Waals surface area contributed by atoms with Gasteiger partial charge in [0.2, 0.25) is 11.9 Å². The molecule has 1 saturated heterocycles. The van der Waals surface area contributed by atoms with Gasteiger partial charge in [0.1, 0.15) is 0 Å². The Kier molecular flexibility index (Phi) is 5.80. The van der Waals surface area contributed by atoms with Crippen LogP contribution in [-0.2, 0) is 19.0 Å². The number of esters is 1. The van der Waals surface area contributed by atoms with Crippen molar-refractivity contribution in [2.45, 2.75) is 38.3 Å². The summed E-state index contributed by atoms with van der Waals surface area (Å²) in [5.41, 5.74) is 1.15. The minimum absolute atomic E-state index is 0.0872. The van der Waals surface area contributed by atoms with E-state index in [4.69, 9.17) is 25.8 Å². The molecule has 0 N–H and O–H groups in total. The van der Waals surface area contributed by atoms with E-state index in [9.17, 15) is 9.59 Å². The summed E-state index contributed by atoms with van der Waals surface area (Å²) in [7, 11) is 1.39. The van der Waals surface area contributed by atoms with Gasteiger partial charge >= 0.3 is 5.97 Å². The van der Waals surface area contributed by atoms with Crippen LogP contribution in [0.2, 0.25) is 0 Å². The van der Waals surface area contributed by atoms with Gasteiger partial charge < -0.3 is 14.2 Å². The number of carbonyl (C=O) groups is 2. The van der Waals surface area contributed by atoms with Crippen molar-refractivity contribution in [3.8, 4) is 0 Å². The fourth-order valence-electron chi connectivity index (χ4n) is 2.71. The van der Waals surface area contributed by atoms with Gasteiger partial charge in [0.05, 0.1) is 11.7 Å². The summed E-state index contributed by atoms with van der Waals surface area (Å²) in [4.78, 5) is 24.3. The molecule has 1 aliphatic rings. The first-order valence-electron chi connectivity index (χ1n) is 7.66. The Balaban J connectivity index is 2.29. The largest absolute Gasteiger partial charge is 0.443 e. The molecule has 0 aliphatic carbocycles. The van der Waals surface area contributed by atoms with Crippen LogP contribution in [-0.4, -0.2) is 36.3 Å². The van der Waals surface area contributed by atoms with Gasteiger partial charge in [-0.15, -0.1) is 0 Å². The van der Waals surface area contributed by atoms with E-state index in [0.29, 0.717) is 5.56 Å². The number of methoxy groups -OCH3 is 1. The average molecular weight is 353 g/mol. The van der Waals surface area contributed by atoms with Crippen molar-refractivity contribution < 1.29 is 23.8 Å². The summed E-state index contributed by atoms with van der Waals surface area (Å²) < 4.78 is 16.7. The van der Waals surface area contributed by atoms with Crippen molar-refractivity contribution in [3.05, 3.63) is 48.0 Å². The predicted octanol–water partition coefficient (Wildman–Crippen LogP) is 3.32. The SMILES string of the molecule is C=C1C[C@](OC)([C@H](OC(=O)c2ccccc2)C(=O)Cl)O[C@H](C)[C@@H]1C. The maximum atomic E-state index is 12.3. The Bertz CT molecular complexity index is 630. The Morgan fingerprint density at radius 1 is 1.33 bits per heavy atom. The second-order valence-electron chi connectivity index (χ2n) is 5.92. The predicted molar refractivity (Wildman–Crippen MR) is 89.7 cm³/mol. The van der Waals surface area contributed by atoms with Crippen LogP contribution in [0, 0.1) is 5.92 Å². The second-order valence-corrected chi connectivity index (χ2v) is 6.29. The number of halogens is 1. The average Bonchev–Trinajstić information content (AvgIpc) is 2.57. The maximum absolute atomic E-state index is 12.3. The number of benzene rings is 1. The van der Waals surface area contributed by atoms with Crippen LogP contribution in [0.15, 0.2) is 42.5 Å². The third-order valence-corrected chi connectivity index (χ3v) is 4.59. The molecule has 130 valence electrons. The third kappa shape index (κ3) is 3.69. The normalized spacial score (nSPS) is 28.2. The van der Waals surface area contributed by atoms with Gasteiger partial charge in [-0.25, -0.2) is 4.79 Å². The lowest BCUT2D eigenvalue weighted by Gasteiger charge is -2.45. The highest BCUT2D eigenvalue weighted by Crippen LogP contribution is 2.40. The van der Waals surface area contributed by atoms with Crippen molar-refractivity contribution >= 4 is 22.8 Å². The fraction of sp³-hybridized carbons (Fsp3) is 0.444. The van der Waals surface area contributed by atoms with E-state index in [-0.39, 0.29) is 18.4 Å². The minimum Gasteiger partial charge on any atom is -0.443 e. The van der Waals surface area contributed by atoms with Gasteiger partial charge in [-0.05, 0) is 30.7 Å². The summed E-state index contributed by atoms with van der Waals surface area (Å²) in [6.45, 7) is 7.83. The number of hydrogen-bond donors (Lipinski definition) is 0. The summed E-state index contributed by atoms with van der Waals surface area (Å²) in [5, 5.41) is -0.865. The maximum Gasteiger partial charge on any atom is 0.339 e. The molecule has 24 heavy (non-hydrogen) atoms. The van der Waals surface area contributed by atoms with Crippen LogP contribution in [0.5, 0.6) is 0 Å². The van der Waals surface area contributed by atoms with E-state index in [1.165, 1.54) is 7.11 Å². The van der Waals surface area contributed by atoms with Crippen LogP contribution >= 0.6 is 11.6 Å². The topological polar surface area (TPSA) is 61.8 Å². The zero-order chi connectivity index (χ0) is 17.9. The first-order chi connectivity index (χ1) is 11.3. The molecule has 1 heterocycles. The molecule has 0 unspecified atom stereocenters. The standard InChI is InChI=1S/C18H21ClO5/c1-11-10-18(22-4,24-13(3)12(11)2)15(16(19)20)23-17(21)14-8-6-5-7-9-14/h5-9,12-13,15H,1,10H2,2-4H3/t12-,13-,15-,18-/m1/s1. The number of rotatable bonds is 5. The number of hydrogen-bond acceptors (Lipinski definition) is 5. The van der Waals surface area contributed by atoms with Crippen molar-refractivity contribution in [1.82, 2.24) is 0 Å².